The van der Waals surface area contributed by atoms with Crippen LogP contribution in [0.3, 0.4) is 0 Å². The van der Waals surface area contributed by atoms with Gasteiger partial charge in [0.15, 0.2) is 0 Å². The van der Waals surface area contributed by atoms with Crippen molar-refractivity contribution in [3.8, 4) is 0 Å². The lowest BCUT2D eigenvalue weighted by molar-refractivity contribution is 0.0693. The van der Waals surface area contributed by atoms with Gasteiger partial charge in [0.25, 0.3) is 5.91 Å². The van der Waals surface area contributed by atoms with Gasteiger partial charge < -0.3 is 15.0 Å². The van der Waals surface area contributed by atoms with E-state index in [1.54, 1.807) is 17.3 Å². The number of imidazole rings is 1. The Morgan fingerprint density at radius 2 is 2.26 bits per heavy atom. The second-order valence-corrected chi connectivity index (χ2v) is 4.80. The Hall–Kier alpha value is -1.88. The summed E-state index contributed by atoms with van der Waals surface area (Å²) in [6, 6.07) is 5.55. The SMILES string of the molecule is CC(C)N(CCCO)C(=O)c1ccc2nc[nH]c2c1. The van der Waals surface area contributed by atoms with E-state index in [9.17, 15) is 4.79 Å². The van der Waals surface area contributed by atoms with E-state index in [2.05, 4.69) is 9.97 Å². The number of H-pyrrole nitrogens is 1. The molecule has 1 amide bonds. The maximum Gasteiger partial charge on any atom is 0.254 e. The van der Waals surface area contributed by atoms with Crippen LogP contribution in [-0.2, 0) is 0 Å². The minimum absolute atomic E-state index is 0.0139. The van der Waals surface area contributed by atoms with E-state index in [0.717, 1.165) is 11.0 Å². The quantitative estimate of drug-likeness (QED) is 0.862. The molecular formula is C14H19N3O2. The topological polar surface area (TPSA) is 69.2 Å². The molecule has 19 heavy (non-hydrogen) atoms. The largest absolute Gasteiger partial charge is 0.396 e. The summed E-state index contributed by atoms with van der Waals surface area (Å²) >= 11 is 0. The van der Waals surface area contributed by atoms with Crippen molar-refractivity contribution in [2.24, 2.45) is 0 Å². The maximum atomic E-state index is 12.5. The standard InChI is InChI=1S/C14H19N3O2/c1-10(2)17(6-3-7-18)14(19)11-4-5-12-13(8-11)16-9-15-12/h4-5,8-10,18H,3,6-7H2,1-2H3,(H,15,16). The van der Waals surface area contributed by atoms with Gasteiger partial charge in [-0.05, 0) is 38.5 Å². The molecule has 5 heteroatoms. The van der Waals surface area contributed by atoms with Crippen LogP contribution in [0, 0.1) is 0 Å². The number of aromatic nitrogens is 2. The number of carbonyl (C=O) groups excluding carboxylic acids is 1. The van der Waals surface area contributed by atoms with Crippen molar-refractivity contribution in [3.05, 3.63) is 30.1 Å². The number of fused-ring (bicyclic) bond motifs is 1. The number of nitrogens with one attached hydrogen (secondary N) is 1. The van der Waals surface area contributed by atoms with Gasteiger partial charge >= 0.3 is 0 Å². The highest BCUT2D eigenvalue weighted by Gasteiger charge is 2.18. The first-order chi connectivity index (χ1) is 9.13. The zero-order valence-electron chi connectivity index (χ0n) is 11.3. The lowest BCUT2D eigenvalue weighted by atomic mass is 10.1. The number of aromatic amines is 1. The second kappa shape index (κ2) is 5.84. The molecule has 1 aromatic heterocycles. The van der Waals surface area contributed by atoms with Crippen molar-refractivity contribution < 1.29 is 9.90 Å². The third kappa shape index (κ3) is 2.93. The minimum atomic E-state index is -0.0139. The average Bonchev–Trinajstić information content (AvgIpc) is 2.85. The zero-order valence-corrected chi connectivity index (χ0v) is 11.3. The minimum Gasteiger partial charge on any atom is -0.396 e. The van der Waals surface area contributed by atoms with Crippen LogP contribution >= 0.6 is 0 Å². The Kier molecular flexibility index (Phi) is 4.16. The fourth-order valence-electron chi connectivity index (χ4n) is 2.07. The van der Waals surface area contributed by atoms with Crippen LogP contribution in [0.4, 0.5) is 0 Å². The Morgan fingerprint density at radius 3 is 2.95 bits per heavy atom. The predicted octanol–water partition coefficient (Wildman–Crippen LogP) is 1.80. The molecule has 0 fully saturated rings. The first-order valence-electron chi connectivity index (χ1n) is 6.48. The summed E-state index contributed by atoms with van der Waals surface area (Å²) in [6.45, 7) is 4.61. The molecular weight excluding hydrogens is 242 g/mol. The van der Waals surface area contributed by atoms with E-state index in [1.807, 2.05) is 26.0 Å². The van der Waals surface area contributed by atoms with Gasteiger partial charge in [-0.2, -0.15) is 0 Å². The second-order valence-electron chi connectivity index (χ2n) is 4.80. The number of hydrogen-bond acceptors (Lipinski definition) is 3. The molecule has 0 saturated heterocycles. The van der Waals surface area contributed by atoms with Crippen LogP contribution in [0.1, 0.15) is 30.6 Å². The molecule has 2 aromatic rings. The van der Waals surface area contributed by atoms with Gasteiger partial charge in [-0.1, -0.05) is 0 Å². The Balaban J connectivity index is 2.24. The van der Waals surface area contributed by atoms with Crippen molar-refractivity contribution in [1.82, 2.24) is 14.9 Å². The third-order valence-electron chi connectivity index (χ3n) is 3.11. The van der Waals surface area contributed by atoms with E-state index in [1.165, 1.54) is 0 Å². The summed E-state index contributed by atoms with van der Waals surface area (Å²) < 4.78 is 0. The molecule has 5 nitrogen and oxygen atoms in total. The van der Waals surface area contributed by atoms with Crippen molar-refractivity contribution in [2.75, 3.05) is 13.2 Å². The highest BCUT2D eigenvalue weighted by atomic mass is 16.3. The van der Waals surface area contributed by atoms with Gasteiger partial charge in [0.2, 0.25) is 0 Å². The first kappa shape index (κ1) is 13.5. The van der Waals surface area contributed by atoms with Crippen molar-refractivity contribution in [1.29, 1.82) is 0 Å². The Bertz CT molecular complexity index is 563. The van der Waals surface area contributed by atoms with Gasteiger partial charge in [-0.25, -0.2) is 4.98 Å². The molecule has 0 saturated carbocycles. The van der Waals surface area contributed by atoms with Crippen LogP contribution < -0.4 is 0 Å². The van der Waals surface area contributed by atoms with Crippen LogP contribution in [0.15, 0.2) is 24.5 Å². The molecule has 2 N–H and O–H groups in total. The molecule has 0 unspecified atom stereocenters. The highest BCUT2D eigenvalue weighted by Crippen LogP contribution is 2.15. The highest BCUT2D eigenvalue weighted by molar-refractivity contribution is 5.97. The van der Waals surface area contributed by atoms with Crippen molar-refractivity contribution in [2.45, 2.75) is 26.3 Å². The summed E-state index contributed by atoms with van der Waals surface area (Å²) in [5, 5.41) is 8.91. The van der Waals surface area contributed by atoms with Gasteiger partial charge in [-0.3, -0.25) is 4.79 Å². The lowest BCUT2D eigenvalue weighted by Gasteiger charge is -2.26. The van der Waals surface area contributed by atoms with Crippen LogP contribution in [0.5, 0.6) is 0 Å². The van der Waals surface area contributed by atoms with E-state index >= 15 is 0 Å². The average molecular weight is 261 g/mol. The van der Waals surface area contributed by atoms with E-state index < -0.39 is 0 Å². The van der Waals surface area contributed by atoms with Gasteiger partial charge in [0, 0.05) is 24.8 Å². The molecule has 0 radical (unpaired) electrons. The van der Waals surface area contributed by atoms with E-state index in [-0.39, 0.29) is 18.6 Å². The number of amides is 1. The fourth-order valence-corrected chi connectivity index (χ4v) is 2.07. The first-order valence-corrected chi connectivity index (χ1v) is 6.48. The lowest BCUT2D eigenvalue weighted by Crippen LogP contribution is -2.38. The molecule has 0 atom stereocenters. The third-order valence-corrected chi connectivity index (χ3v) is 3.11. The molecule has 0 bridgehead atoms. The molecule has 1 aromatic carbocycles. The molecule has 0 aliphatic rings. The summed E-state index contributed by atoms with van der Waals surface area (Å²) in [7, 11) is 0. The number of nitrogens with zero attached hydrogens (tertiary/aromatic N) is 2. The number of aliphatic hydroxyl groups excluding tert-OH is 1. The molecule has 0 aliphatic heterocycles. The van der Waals surface area contributed by atoms with Crippen LogP contribution in [0.25, 0.3) is 11.0 Å². The summed E-state index contributed by atoms with van der Waals surface area (Å²) in [4.78, 5) is 21.4. The Morgan fingerprint density at radius 1 is 1.47 bits per heavy atom. The molecule has 0 spiro atoms. The monoisotopic (exact) mass is 261 g/mol. The number of rotatable bonds is 5. The van der Waals surface area contributed by atoms with Gasteiger partial charge in [0.05, 0.1) is 17.4 Å². The number of benzene rings is 1. The smallest absolute Gasteiger partial charge is 0.254 e. The Labute approximate surface area is 112 Å². The van der Waals surface area contributed by atoms with Gasteiger partial charge in [-0.15, -0.1) is 0 Å². The van der Waals surface area contributed by atoms with Crippen LogP contribution in [0.2, 0.25) is 0 Å². The summed E-state index contributed by atoms with van der Waals surface area (Å²) in [6.07, 6.45) is 2.21. The summed E-state index contributed by atoms with van der Waals surface area (Å²) in [5.74, 6) is -0.0139. The summed E-state index contributed by atoms with van der Waals surface area (Å²) in [5.41, 5.74) is 2.35. The number of aliphatic hydroxyl groups is 1. The predicted molar refractivity (Wildman–Crippen MR) is 74.0 cm³/mol. The molecule has 1 heterocycles. The van der Waals surface area contributed by atoms with Crippen LogP contribution in [-0.4, -0.2) is 45.1 Å². The molecule has 2 rings (SSSR count). The van der Waals surface area contributed by atoms with Crippen molar-refractivity contribution >= 4 is 16.9 Å². The van der Waals surface area contributed by atoms with E-state index in [4.69, 9.17) is 5.11 Å². The molecule has 0 aliphatic carbocycles. The van der Waals surface area contributed by atoms with Gasteiger partial charge in [0.1, 0.15) is 0 Å². The molecule has 102 valence electrons. The van der Waals surface area contributed by atoms with E-state index in [0.29, 0.717) is 18.5 Å². The zero-order chi connectivity index (χ0) is 13.8. The fraction of sp³-hybridized carbons (Fsp3) is 0.429. The van der Waals surface area contributed by atoms with Crippen molar-refractivity contribution in [3.63, 3.8) is 0 Å². The number of hydrogen-bond donors (Lipinski definition) is 2. The maximum absolute atomic E-state index is 12.5. The number of carbonyl (C=O) groups is 1. The normalized spacial score (nSPS) is 11.2.